The fraction of sp³-hybridized carbons (Fsp3) is 0.389. The highest BCUT2D eigenvalue weighted by Crippen LogP contribution is 2.38. The minimum Gasteiger partial charge on any atom is -0.496 e. The summed E-state index contributed by atoms with van der Waals surface area (Å²) in [6, 6.07) is 20.0. The van der Waals surface area contributed by atoms with Crippen molar-refractivity contribution < 1.29 is 23.5 Å². The zero-order valence-corrected chi connectivity index (χ0v) is 27.1. The van der Waals surface area contributed by atoms with E-state index in [1.165, 1.54) is 0 Å². The number of aromatic nitrogens is 2. The summed E-state index contributed by atoms with van der Waals surface area (Å²) in [5, 5.41) is 0. The number of nitrogens with zero attached hydrogens (tertiary/aromatic N) is 2. The number of ether oxygens (including phenoxy) is 4. The lowest BCUT2D eigenvalue weighted by Crippen LogP contribution is -2.13. The molecule has 232 valence electrons. The molecule has 0 aliphatic heterocycles. The van der Waals surface area contributed by atoms with Crippen LogP contribution in [0.1, 0.15) is 78.1 Å². The predicted octanol–water partition coefficient (Wildman–Crippen LogP) is 8.46. The summed E-state index contributed by atoms with van der Waals surface area (Å²) in [6.07, 6.45) is 11.9. The lowest BCUT2D eigenvalue weighted by Gasteiger charge is -2.23. The molecule has 2 aromatic heterocycles. The standard InChI is InChI=1S/C36H43N2O5P/c1-40-31-17-10-18-32(41-2)29(31)24-26-14-12-21-37-35(26)28(16-8-6-5-7-9-23-44-39)36-27(15-13-22-38-36)25-30-33(42-3)19-11-20-34(30)43-4/h10-15,17-22,28H,5-9,16,23-25H2,1-4H3. The van der Waals surface area contributed by atoms with E-state index in [1.807, 2.05) is 60.9 Å². The van der Waals surface area contributed by atoms with Gasteiger partial charge in [-0.05, 0) is 60.4 Å². The minimum absolute atomic E-state index is 0.0241. The Bertz CT molecular complexity index is 1350. The molecule has 0 N–H and O–H groups in total. The van der Waals surface area contributed by atoms with Gasteiger partial charge in [0.25, 0.3) is 0 Å². The zero-order valence-electron chi connectivity index (χ0n) is 26.3. The Morgan fingerprint density at radius 1 is 0.591 bits per heavy atom. The molecule has 4 rings (SSSR count). The number of rotatable bonds is 18. The Morgan fingerprint density at radius 2 is 1.02 bits per heavy atom. The highest BCUT2D eigenvalue weighted by Gasteiger charge is 2.25. The van der Waals surface area contributed by atoms with Gasteiger partial charge in [-0.3, -0.25) is 14.5 Å². The van der Waals surface area contributed by atoms with Crippen molar-refractivity contribution in [1.29, 1.82) is 0 Å². The molecule has 0 saturated heterocycles. The normalized spacial score (nSPS) is 11.1. The van der Waals surface area contributed by atoms with E-state index in [4.69, 9.17) is 28.9 Å². The van der Waals surface area contributed by atoms with Crippen molar-refractivity contribution in [3.05, 3.63) is 107 Å². The van der Waals surface area contributed by atoms with E-state index in [9.17, 15) is 4.57 Å². The monoisotopic (exact) mass is 614 g/mol. The van der Waals surface area contributed by atoms with Gasteiger partial charge in [-0.15, -0.1) is 0 Å². The molecule has 0 bridgehead atoms. The van der Waals surface area contributed by atoms with Gasteiger partial charge in [0.05, 0.1) is 39.8 Å². The van der Waals surface area contributed by atoms with E-state index in [1.54, 1.807) is 28.4 Å². The van der Waals surface area contributed by atoms with Gasteiger partial charge in [-0.2, -0.15) is 0 Å². The molecule has 0 aliphatic carbocycles. The Balaban J connectivity index is 1.75. The van der Waals surface area contributed by atoms with Crippen molar-refractivity contribution in [2.45, 2.75) is 57.3 Å². The maximum atomic E-state index is 10.8. The Kier molecular flexibility index (Phi) is 13.0. The average molecular weight is 615 g/mol. The molecule has 0 saturated carbocycles. The molecule has 0 unspecified atom stereocenters. The van der Waals surface area contributed by atoms with E-state index in [2.05, 4.69) is 12.1 Å². The molecule has 8 heteroatoms. The number of hydrogen-bond acceptors (Lipinski definition) is 7. The first kappa shape index (κ1) is 32.9. The van der Waals surface area contributed by atoms with Crippen LogP contribution in [0.15, 0.2) is 73.1 Å². The second-order valence-corrected chi connectivity index (χ2v) is 11.4. The van der Waals surface area contributed by atoms with Gasteiger partial charge < -0.3 is 18.9 Å². The van der Waals surface area contributed by atoms with Crippen LogP contribution in [0.3, 0.4) is 0 Å². The molecule has 0 fully saturated rings. The molecule has 7 nitrogen and oxygen atoms in total. The molecule has 0 spiro atoms. The number of pyridine rings is 2. The van der Waals surface area contributed by atoms with Crippen molar-refractivity contribution in [1.82, 2.24) is 9.97 Å². The number of hydrogen-bond donors (Lipinski definition) is 0. The summed E-state index contributed by atoms with van der Waals surface area (Å²) in [5.74, 6) is 3.12. The van der Waals surface area contributed by atoms with Crippen molar-refractivity contribution in [2.24, 2.45) is 0 Å². The second-order valence-electron chi connectivity index (χ2n) is 10.7. The Hall–Kier alpha value is -3.96. The van der Waals surface area contributed by atoms with Crippen LogP contribution in [0.25, 0.3) is 0 Å². The Morgan fingerprint density at radius 3 is 1.45 bits per heavy atom. The van der Waals surface area contributed by atoms with Gasteiger partial charge in [0.15, 0.2) is 8.46 Å². The van der Waals surface area contributed by atoms with Crippen LogP contribution in [0.5, 0.6) is 23.0 Å². The quantitative estimate of drug-likeness (QED) is 0.0822. The van der Waals surface area contributed by atoms with Crippen LogP contribution < -0.4 is 18.9 Å². The van der Waals surface area contributed by atoms with Gasteiger partial charge in [0.1, 0.15) is 23.0 Å². The lowest BCUT2D eigenvalue weighted by atomic mass is 9.85. The Labute approximate surface area is 263 Å². The fourth-order valence-electron chi connectivity index (χ4n) is 5.87. The van der Waals surface area contributed by atoms with E-state index >= 15 is 0 Å². The maximum absolute atomic E-state index is 10.8. The van der Waals surface area contributed by atoms with Crippen LogP contribution in [0, 0.1) is 0 Å². The van der Waals surface area contributed by atoms with Crippen LogP contribution in [-0.2, 0) is 17.4 Å². The first-order valence-electron chi connectivity index (χ1n) is 15.2. The highest BCUT2D eigenvalue weighted by atomic mass is 31.1. The van der Waals surface area contributed by atoms with Crippen LogP contribution in [0.4, 0.5) is 0 Å². The van der Waals surface area contributed by atoms with E-state index in [-0.39, 0.29) is 14.4 Å². The summed E-state index contributed by atoms with van der Waals surface area (Å²) >= 11 is 0. The van der Waals surface area contributed by atoms with E-state index in [0.29, 0.717) is 12.8 Å². The minimum atomic E-state index is -0.0241. The lowest BCUT2D eigenvalue weighted by molar-refractivity contribution is 0.386. The van der Waals surface area contributed by atoms with Crippen LogP contribution in [-0.4, -0.2) is 44.6 Å². The number of benzene rings is 2. The SMILES string of the molecule is COc1cccc(OC)c1Cc1cccnc1C(CCCCCCCP=O)c1ncccc1Cc1c(OC)cccc1OC. The third kappa shape index (κ3) is 8.35. The topological polar surface area (TPSA) is 79.8 Å². The zero-order chi connectivity index (χ0) is 31.1. The first-order chi connectivity index (χ1) is 21.6. The van der Waals surface area contributed by atoms with Crippen molar-refractivity contribution >= 4 is 8.46 Å². The third-order valence-corrected chi connectivity index (χ3v) is 8.55. The van der Waals surface area contributed by atoms with Crippen molar-refractivity contribution in [3.63, 3.8) is 0 Å². The second kappa shape index (κ2) is 17.4. The molecule has 2 aromatic carbocycles. The number of unbranched alkanes of at least 4 members (excludes halogenated alkanes) is 4. The molecule has 44 heavy (non-hydrogen) atoms. The summed E-state index contributed by atoms with van der Waals surface area (Å²) in [7, 11) is 6.99. The smallest absolute Gasteiger partial charge is 0.155 e. The molecule has 2 heterocycles. The van der Waals surface area contributed by atoms with Gasteiger partial charge in [-0.1, -0.05) is 49.9 Å². The molecule has 0 amide bonds. The van der Waals surface area contributed by atoms with Gasteiger partial charge >= 0.3 is 0 Å². The first-order valence-corrected chi connectivity index (χ1v) is 16.2. The molecule has 0 radical (unpaired) electrons. The van der Waals surface area contributed by atoms with E-state index < -0.39 is 0 Å². The van der Waals surface area contributed by atoms with E-state index in [0.717, 1.165) is 101 Å². The van der Waals surface area contributed by atoms with Crippen molar-refractivity contribution in [3.8, 4) is 23.0 Å². The third-order valence-electron chi connectivity index (χ3n) is 8.05. The molecular formula is C36H43N2O5P. The van der Waals surface area contributed by atoms with Gasteiger partial charge in [0.2, 0.25) is 0 Å². The predicted molar refractivity (Wildman–Crippen MR) is 175 cm³/mol. The molecular weight excluding hydrogens is 571 g/mol. The number of methoxy groups -OCH3 is 4. The highest BCUT2D eigenvalue weighted by molar-refractivity contribution is 7.23. The summed E-state index contributed by atoms with van der Waals surface area (Å²) in [5.41, 5.74) is 6.23. The van der Waals surface area contributed by atoms with Crippen LogP contribution in [0.2, 0.25) is 0 Å². The summed E-state index contributed by atoms with van der Waals surface area (Å²) < 4.78 is 33.8. The summed E-state index contributed by atoms with van der Waals surface area (Å²) in [4.78, 5) is 10.0. The largest absolute Gasteiger partial charge is 0.496 e. The molecule has 0 atom stereocenters. The molecule has 4 aromatic rings. The van der Waals surface area contributed by atoms with Crippen LogP contribution >= 0.6 is 8.46 Å². The van der Waals surface area contributed by atoms with Crippen molar-refractivity contribution in [2.75, 3.05) is 34.6 Å². The van der Waals surface area contributed by atoms with Gasteiger partial charge in [-0.25, -0.2) is 0 Å². The average Bonchev–Trinajstić information content (AvgIpc) is 3.07. The maximum Gasteiger partial charge on any atom is 0.155 e. The summed E-state index contributed by atoms with van der Waals surface area (Å²) in [6.45, 7) is 0. The molecule has 0 aliphatic rings. The van der Waals surface area contributed by atoms with Gasteiger partial charge in [0, 0.05) is 48.4 Å². The fourth-order valence-corrected chi connectivity index (χ4v) is 6.22.